The highest BCUT2D eigenvalue weighted by molar-refractivity contribution is 5.00. The van der Waals surface area contributed by atoms with Crippen LogP contribution in [-0.4, -0.2) is 11.2 Å². The van der Waals surface area contributed by atoms with Crippen molar-refractivity contribution in [3.8, 4) is 0 Å². The Balaban J connectivity index is 2.05. The van der Waals surface area contributed by atoms with E-state index < -0.39 is 0 Å². The summed E-state index contributed by atoms with van der Waals surface area (Å²) in [4.78, 5) is 0. The average molecular weight is 168 g/mol. The molecule has 1 N–H and O–H groups in total. The van der Waals surface area contributed by atoms with Crippen molar-refractivity contribution in [3.63, 3.8) is 0 Å². The van der Waals surface area contributed by atoms with Gasteiger partial charge in [-0.2, -0.15) is 0 Å². The van der Waals surface area contributed by atoms with Gasteiger partial charge in [-0.3, -0.25) is 0 Å². The van der Waals surface area contributed by atoms with Gasteiger partial charge in [-0.05, 0) is 24.7 Å². The molecule has 1 aliphatic carbocycles. The first kappa shape index (κ1) is 9.79. The first-order chi connectivity index (χ1) is 5.79. The van der Waals surface area contributed by atoms with Gasteiger partial charge in [0, 0.05) is 0 Å². The second-order valence-electron chi connectivity index (χ2n) is 3.86. The number of hydrogen-bond acceptors (Lipinski definition) is 1. The number of aliphatic hydroxyl groups excluding tert-OH is 1. The standard InChI is InChI=1S/C11H20O/c1-3-5-6-7-11(12)10-8-9(10)4-2/h4,9-12H,2-3,5-8H2,1H3/t9-,10-,11+/m1/s1. The van der Waals surface area contributed by atoms with Crippen LogP contribution in [0.15, 0.2) is 12.7 Å². The Kier molecular flexibility index (Phi) is 3.80. The molecule has 0 bridgehead atoms. The Bertz CT molecular complexity index is 142. The predicted octanol–water partition coefficient (Wildman–Crippen LogP) is 2.75. The fourth-order valence-corrected chi connectivity index (χ4v) is 1.77. The van der Waals surface area contributed by atoms with Crippen LogP contribution in [-0.2, 0) is 0 Å². The molecule has 1 nitrogen and oxygen atoms in total. The number of hydrogen-bond donors (Lipinski definition) is 1. The molecule has 0 aromatic heterocycles. The largest absolute Gasteiger partial charge is 0.393 e. The van der Waals surface area contributed by atoms with E-state index in [1.54, 1.807) is 0 Å². The van der Waals surface area contributed by atoms with Gasteiger partial charge in [-0.15, -0.1) is 6.58 Å². The minimum atomic E-state index is -0.0560. The van der Waals surface area contributed by atoms with E-state index in [-0.39, 0.29) is 6.10 Å². The molecule has 1 aliphatic rings. The highest BCUT2D eigenvalue weighted by Crippen LogP contribution is 2.43. The Morgan fingerprint density at radius 3 is 2.83 bits per heavy atom. The molecule has 70 valence electrons. The van der Waals surface area contributed by atoms with Crippen LogP contribution < -0.4 is 0 Å². The Morgan fingerprint density at radius 2 is 2.33 bits per heavy atom. The summed E-state index contributed by atoms with van der Waals surface area (Å²) in [5.74, 6) is 1.15. The van der Waals surface area contributed by atoms with Crippen molar-refractivity contribution in [2.45, 2.75) is 45.1 Å². The molecule has 0 aliphatic heterocycles. The van der Waals surface area contributed by atoms with E-state index in [9.17, 15) is 5.11 Å². The maximum atomic E-state index is 9.67. The summed E-state index contributed by atoms with van der Waals surface area (Å²) in [7, 11) is 0. The maximum Gasteiger partial charge on any atom is 0.0574 e. The van der Waals surface area contributed by atoms with Crippen molar-refractivity contribution in [3.05, 3.63) is 12.7 Å². The third-order valence-electron chi connectivity index (χ3n) is 2.79. The van der Waals surface area contributed by atoms with Gasteiger partial charge in [0.1, 0.15) is 0 Å². The van der Waals surface area contributed by atoms with E-state index in [0.29, 0.717) is 11.8 Å². The van der Waals surface area contributed by atoms with Crippen LogP contribution in [0.3, 0.4) is 0 Å². The lowest BCUT2D eigenvalue weighted by Crippen LogP contribution is -2.09. The van der Waals surface area contributed by atoms with Gasteiger partial charge in [-0.1, -0.05) is 32.3 Å². The number of rotatable bonds is 6. The normalized spacial score (nSPS) is 29.8. The summed E-state index contributed by atoms with van der Waals surface area (Å²) >= 11 is 0. The zero-order valence-electron chi connectivity index (χ0n) is 8.00. The van der Waals surface area contributed by atoms with Gasteiger partial charge < -0.3 is 5.11 Å². The molecule has 12 heavy (non-hydrogen) atoms. The second kappa shape index (κ2) is 4.66. The molecule has 1 rings (SSSR count). The highest BCUT2D eigenvalue weighted by atomic mass is 16.3. The fourth-order valence-electron chi connectivity index (χ4n) is 1.77. The lowest BCUT2D eigenvalue weighted by Gasteiger charge is -2.08. The van der Waals surface area contributed by atoms with Gasteiger partial charge >= 0.3 is 0 Å². The molecule has 1 heteroatoms. The lowest BCUT2D eigenvalue weighted by molar-refractivity contribution is 0.134. The van der Waals surface area contributed by atoms with E-state index >= 15 is 0 Å². The summed E-state index contributed by atoms with van der Waals surface area (Å²) in [5, 5.41) is 9.67. The predicted molar refractivity (Wildman–Crippen MR) is 51.9 cm³/mol. The SMILES string of the molecule is C=C[C@@H]1C[C@H]1[C@@H](O)CCCCC. The molecule has 1 saturated carbocycles. The summed E-state index contributed by atoms with van der Waals surface area (Å²) < 4.78 is 0. The van der Waals surface area contributed by atoms with Crippen LogP contribution >= 0.6 is 0 Å². The van der Waals surface area contributed by atoms with Gasteiger partial charge in [0.2, 0.25) is 0 Å². The Morgan fingerprint density at radius 1 is 1.58 bits per heavy atom. The van der Waals surface area contributed by atoms with Gasteiger partial charge in [-0.25, -0.2) is 0 Å². The lowest BCUT2D eigenvalue weighted by atomic mass is 10.1. The minimum absolute atomic E-state index is 0.0560. The zero-order valence-corrected chi connectivity index (χ0v) is 8.00. The van der Waals surface area contributed by atoms with Gasteiger partial charge in [0.25, 0.3) is 0 Å². The summed E-state index contributed by atoms with van der Waals surface area (Å²) in [6, 6.07) is 0. The van der Waals surface area contributed by atoms with Crippen LogP contribution in [0.25, 0.3) is 0 Å². The second-order valence-corrected chi connectivity index (χ2v) is 3.86. The van der Waals surface area contributed by atoms with Crippen LogP contribution in [0.4, 0.5) is 0 Å². The quantitative estimate of drug-likeness (QED) is 0.477. The van der Waals surface area contributed by atoms with Crippen LogP contribution in [0, 0.1) is 11.8 Å². The molecule has 0 aromatic rings. The van der Waals surface area contributed by atoms with Gasteiger partial charge in [0.05, 0.1) is 6.10 Å². The molecule has 0 aromatic carbocycles. The van der Waals surface area contributed by atoms with Crippen molar-refractivity contribution in [1.82, 2.24) is 0 Å². The molecule has 3 atom stereocenters. The van der Waals surface area contributed by atoms with E-state index in [2.05, 4.69) is 13.5 Å². The molecule has 0 amide bonds. The summed E-state index contributed by atoms with van der Waals surface area (Å²) in [5.41, 5.74) is 0. The van der Waals surface area contributed by atoms with Gasteiger partial charge in [0.15, 0.2) is 0 Å². The zero-order chi connectivity index (χ0) is 8.97. The van der Waals surface area contributed by atoms with Crippen LogP contribution in [0.1, 0.15) is 39.0 Å². The third kappa shape index (κ3) is 2.63. The summed E-state index contributed by atoms with van der Waals surface area (Å²) in [6.45, 7) is 5.93. The Labute approximate surface area is 75.5 Å². The topological polar surface area (TPSA) is 20.2 Å². The van der Waals surface area contributed by atoms with E-state index in [1.807, 2.05) is 6.08 Å². The smallest absolute Gasteiger partial charge is 0.0574 e. The summed E-state index contributed by atoms with van der Waals surface area (Å²) in [6.07, 6.45) is 7.75. The average Bonchev–Trinajstić information content (AvgIpc) is 2.83. The van der Waals surface area contributed by atoms with Crippen molar-refractivity contribution in [2.75, 3.05) is 0 Å². The molecule has 1 fully saturated rings. The fraction of sp³-hybridized carbons (Fsp3) is 0.818. The van der Waals surface area contributed by atoms with Crippen molar-refractivity contribution in [2.24, 2.45) is 11.8 Å². The molecule has 0 spiro atoms. The van der Waals surface area contributed by atoms with E-state index in [0.717, 1.165) is 12.8 Å². The maximum absolute atomic E-state index is 9.67. The Hall–Kier alpha value is -0.300. The monoisotopic (exact) mass is 168 g/mol. The molecule has 0 saturated heterocycles. The number of unbranched alkanes of at least 4 members (excludes halogenated alkanes) is 2. The van der Waals surface area contributed by atoms with Crippen molar-refractivity contribution in [1.29, 1.82) is 0 Å². The van der Waals surface area contributed by atoms with Crippen LogP contribution in [0.5, 0.6) is 0 Å². The molecule has 0 radical (unpaired) electrons. The minimum Gasteiger partial charge on any atom is -0.393 e. The molecular weight excluding hydrogens is 148 g/mol. The van der Waals surface area contributed by atoms with Crippen LogP contribution in [0.2, 0.25) is 0 Å². The van der Waals surface area contributed by atoms with E-state index in [1.165, 1.54) is 19.3 Å². The third-order valence-corrected chi connectivity index (χ3v) is 2.79. The molecule has 0 heterocycles. The van der Waals surface area contributed by atoms with Crippen molar-refractivity contribution < 1.29 is 5.11 Å². The molecular formula is C11H20O. The first-order valence-corrected chi connectivity index (χ1v) is 5.10. The molecule has 0 unspecified atom stereocenters. The van der Waals surface area contributed by atoms with Crippen molar-refractivity contribution >= 4 is 0 Å². The highest BCUT2D eigenvalue weighted by Gasteiger charge is 2.39. The number of aliphatic hydroxyl groups is 1. The first-order valence-electron chi connectivity index (χ1n) is 5.10. The number of allylic oxidation sites excluding steroid dienone is 1. The van der Waals surface area contributed by atoms with E-state index in [4.69, 9.17) is 0 Å².